The third-order valence-electron chi connectivity index (χ3n) is 4.06. The second-order valence-corrected chi connectivity index (χ2v) is 5.96. The standard InChI is InChI=1S/C16H18ClN7/c1-19-14-6-15(23-10-22-14)24-4-2-3-12(24)9-21-16-13(17)5-11(7-18)8-20-16/h5-6,8,10,12H,2-4,9H2,1H3,(H,20,21)(H,19,22,23). The average Bonchev–Trinajstić information content (AvgIpc) is 3.09. The van der Waals surface area contributed by atoms with Gasteiger partial charge in [0.2, 0.25) is 0 Å². The Morgan fingerprint density at radius 3 is 3.00 bits per heavy atom. The molecule has 8 heteroatoms. The summed E-state index contributed by atoms with van der Waals surface area (Å²) in [5.74, 6) is 2.31. The van der Waals surface area contributed by atoms with E-state index in [0.717, 1.165) is 31.0 Å². The molecule has 0 radical (unpaired) electrons. The van der Waals surface area contributed by atoms with Crippen LogP contribution in [0.4, 0.5) is 17.5 Å². The molecule has 0 bridgehead atoms. The highest BCUT2D eigenvalue weighted by molar-refractivity contribution is 6.33. The van der Waals surface area contributed by atoms with Crippen LogP contribution in [-0.4, -0.2) is 41.1 Å². The molecule has 2 aromatic heterocycles. The summed E-state index contributed by atoms with van der Waals surface area (Å²) < 4.78 is 0. The van der Waals surface area contributed by atoms with Gasteiger partial charge in [0.25, 0.3) is 0 Å². The monoisotopic (exact) mass is 343 g/mol. The fraction of sp³-hybridized carbons (Fsp3) is 0.375. The molecule has 3 heterocycles. The van der Waals surface area contributed by atoms with Gasteiger partial charge in [0, 0.05) is 38.4 Å². The predicted octanol–water partition coefficient (Wildman–Crippen LogP) is 2.52. The molecule has 0 saturated carbocycles. The molecule has 0 amide bonds. The van der Waals surface area contributed by atoms with Crippen molar-refractivity contribution in [1.82, 2.24) is 15.0 Å². The van der Waals surface area contributed by atoms with Gasteiger partial charge in [-0.3, -0.25) is 0 Å². The van der Waals surface area contributed by atoms with E-state index in [-0.39, 0.29) is 0 Å². The molecule has 1 fully saturated rings. The summed E-state index contributed by atoms with van der Waals surface area (Å²) in [4.78, 5) is 15.0. The molecule has 1 saturated heterocycles. The van der Waals surface area contributed by atoms with Crippen LogP contribution >= 0.6 is 11.6 Å². The van der Waals surface area contributed by atoms with Gasteiger partial charge in [0.05, 0.1) is 10.6 Å². The Morgan fingerprint density at radius 2 is 2.25 bits per heavy atom. The summed E-state index contributed by atoms with van der Waals surface area (Å²) in [7, 11) is 1.84. The number of hydrogen-bond acceptors (Lipinski definition) is 7. The Labute approximate surface area is 145 Å². The third-order valence-corrected chi connectivity index (χ3v) is 4.34. The predicted molar refractivity (Wildman–Crippen MR) is 94.4 cm³/mol. The third kappa shape index (κ3) is 3.49. The molecule has 0 spiro atoms. The van der Waals surface area contributed by atoms with Crippen LogP contribution in [0.15, 0.2) is 24.7 Å². The highest BCUT2D eigenvalue weighted by Gasteiger charge is 2.26. The fourth-order valence-electron chi connectivity index (χ4n) is 2.83. The first kappa shape index (κ1) is 16.3. The zero-order valence-electron chi connectivity index (χ0n) is 13.3. The molecule has 7 nitrogen and oxygen atoms in total. The lowest BCUT2D eigenvalue weighted by molar-refractivity contribution is 0.689. The topological polar surface area (TPSA) is 89.8 Å². The minimum absolute atomic E-state index is 0.304. The van der Waals surface area contributed by atoms with Crippen molar-refractivity contribution in [3.8, 4) is 6.07 Å². The molecule has 1 atom stereocenters. The number of anilines is 3. The molecular weight excluding hydrogens is 326 g/mol. The molecule has 1 unspecified atom stereocenters. The van der Waals surface area contributed by atoms with Gasteiger partial charge >= 0.3 is 0 Å². The smallest absolute Gasteiger partial charge is 0.144 e. The number of nitrogens with one attached hydrogen (secondary N) is 2. The Morgan fingerprint density at radius 1 is 1.38 bits per heavy atom. The van der Waals surface area contributed by atoms with E-state index in [2.05, 4.69) is 30.5 Å². The number of nitrogens with zero attached hydrogens (tertiary/aromatic N) is 5. The summed E-state index contributed by atoms with van der Waals surface area (Å²) >= 11 is 6.17. The normalized spacial score (nSPS) is 16.7. The van der Waals surface area contributed by atoms with E-state index in [4.69, 9.17) is 16.9 Å². The van der Waals surface area contributed by atoms with Crippen LogP contribution in [0.1, 0.15) is 18.4 Å². The van der Waals surface area contributed by atoms with Crippen LogP contribution < -0.4 is 15.5 Å². The second kappa shape index (κ2) is 7.32. The molecule has 1 aliphatic heterocycles. The van der Waals surface area contributed by atoms with Crippen LogP contribution in [0, 0.1) is 11.3 Å². The van der Waals surface area contributed by atoms with Gasteiger partial charge in [-0.25, -0.2) is 15.0 Å². The Bertz CT molecular complexity index is 758. The molecule has 0 aromatic carbocycles. The summed E-state index contributed by atoms with van der Waals surface area (Å²) in [6.45, 7) is 1.67. The van der Waals surface area contributed by atoms with Gasteiger partial charge < -0.3 is 15.5 Å². The zero-order valence-corrected chi connectivity index (χ0v) is 14.1. The van der Waals surface area contributed by atoms with Crippen LogP contribution in [0.2, 0.25) is 5.02 Å². The van der Waals surface area contributed by atoms with Crippen molar-refractivity contribution in [2.75, 3.05) is 35.7 Å². The number of nitriles is 1. The molecule has 0 aliphatic carbocycles. The van der Waals surface area contributed by atoms with E-state index in [1.807, 2.05) is 19.2 Å². The van der Waals surface area contributed by atoms with Crippen LogP contribution in [-0.2, 0) is 0 Å². The Balaban J connectivity index is 1.69. The molecule has 2 N–H and O–H groups in total. The van der Waals surface area contributed by atoms with Crippen molar-refractivity contribution in [3.63, 3.8) is 0 Å². The van der Waals surface area contributed by atoms with Crippen molar-refractivity contribution in [1.29, 1.82) is 5.26 Å². The highest BCUT2D eigenvalue weighted by Crippen LogP contribution is 2.26. The summed E-state index contributed by atoms with van der Waals surface area (Å²) in [6, 6.07) is 5.90. The van der Waals surface area contributed by atoms with Crippen molar-refractivity contribution in [2.45, 2.75) is 18.9 Å². The van der Waals surface area contributed by atoms with E-state index in [9.17, 15) is 0 Å². The van der Waals surface area contributed by atoms with E-state index < -0.39 is 0 Å². The van der Waals surface area contributed by atoms with Crippen molar-refractivity contribution >= 4 is 29.1 Å². The molecule has 1 aliphatic rings. The van der Waals surface area contributed by atoms with Gasteiger partial charge in [-0.15, -0.1) is 0 Å². The van der Waals surface area contributed by atoms with Crippen molar-refractivity contribution in [2.24, 2.45) is 0 Å². The number of halogens is 1. The van der Waals surface area contributed by atoms with Crippen molar-refractivity contribution in [3.05, 3.63) is 35.2 Å². The largest absolute Gasteiger partial charge is 0.373 e. The zero-order chi connectivity index (χ0) is 16.9. The number of pyridine rings is 1. The lowest BCUT2D eigenvalue weighted by Crippen LogP contribution is -2.35. The lowest BCUT2D eigenvalue weighted by Gasteiger charge is -2.26. The van der Waals surface area contributed by atoms with Gasteiger partial charge in [0.1, 0.15) is 29.9 Å². The van der Waals surface area contributed by atoms with E-state index in [1.54, 1.807) is 12.4 Å². The Kier molecular flexibility index (Phi) is 4.96. The van der Waals surface area contributed by atoms with Gasteiger partial charge in [-0.2, -0.15) is 5.26 Å². The molecular formula is C16H18ClN7. The molecule has 3 rings (SSSR count). The second-order valence-electron chi connectivity index (χ2n) is 5.55. The fourth-order valence-corrected chi connectivity index (χ4v) is 3.07. The first-order valence-electron chi connectivity index (χ1n) is 7.77. The van der Waals surface area contributed by atoms with Crippen LogP contribution in [0.25, 0.3) is 0 Å². The van der Waals surface area contributed by atoms with E-state index in [1.165, 1.54) is 6.20 Å². The first-order chi connectivity index (χ1) is 11.7. The Hall–Kier alpha value is -2.59. The number of rotatable bonds is 5. The lowest BCUT2D eigenvalue weighted by atomic mass is 10.2. The van der Waals surface area contributed by atoms with Crippen LogP contribution in [0.5, 0.6) is 0 Å². The summed E-state index contributed by atoms with van der Waals surface area (Å²) in [6.07, 6.45) is 5.27. The number of hydrogen-bond donors (Lipinski definition) is 2. The minimum atomic E-state index is 0.304. The molecule has 124 valence electrons. The highest BCUT2D eigenvalue weighted by atomic mass is 35.5. The minimum Gasteiger partial charge on any atom is -0.373 e. The quantitative estimate of drug-likeness (QED) is 0.862. The maximum absolute atomic E-state index is 8.87. The maximum Gasteiger partial charge on any atom is 0.144 e. The SMILES string of the molecule is CNc1cc(N2CCCC2CNc2ncc(C#N)cc2Cl)ncn1. The van der Waals surface area contributed by atoms with E-state index >= 15 is 0 Å². The average molecular weight is 344 g/mol. The summed E-state index contributed by atoms with van der Waals surface area (Å²) in [5, 5.41) is 15.6. The van der Waals surface area contributed by atoms with Gasteiger partial charge in [0.15, 0.2) is 0 Å². The molecule has 24 heavy (non-hydrogen) atoms. The number of aromatic nitrogens is 3. The van der Waals surface area contributed by atoms with E-state index in [0.29, 0.717) is 29.0 Å². The molecule has 2 aromatic rings. The maximum atomic E-state index is 8.87. The van der Waals surface area contributed by atoms with Gasteiger partial charge in [-0.05, 0) is 18.9 Å². The summed E-state index contributed by atoms with van der Waals surface area (Å²) in [5.41, 5.74) is 0.452. The first-order valence-corrected chi connectivity index (χ1v) is 8.15. The van der Waals surface area contributed by atoms with Crippen LogP contribution in [0.3, 0.4) is 0 Å². The van der Waals surface area contributed by atoms with Crippen molar-refractivity contribution < 1.29 is 0 Å². The van der Waals surface area contributed by atoms with Gasteiger partial charge in [-0.1, -0.05) is 11.6 Å².